The van der Waals surface area contributed by atoms with Gasteiger partial charge in [0.25, 0.3) is 5.91 Å². The first-order valence-electron chi connectivity index (χ1n) is 9.29. The minimum atomic E-state index is -3.57. The molecule has 29 heavy (non-hydrogen) atoms. The highest BCUT2D eigenvalue weighted by molar-refractivity contribution is 7.89. The Morgan fingerprint density at radius 3 is 2.28 bits per heavy atom. The minimum Gasteiger partial charge on any atom is -0.484 e. The Kier molecular flexibility index (Phi) is 6.20. The molecule has 0 unspecified atom stereocenters. The van der Waals surface area contributed by atoms with Crippen LogP contribution in [0.5, 0.6) is 5.75 Å². The van der Waals surface area contributed by atoms with Gasteiger partial charge in [-0.1, -0.05) is 6.07 Å². The minimum absolute atomic E-state index is 0.129. The quantitative estimate of drug-likeness (QED) is 0.749. The molecule has 0 spiro atoms. The van der Waals surface area contributed by atoms with Crippen molar-refractivity contribution >= 4 is 15.9 Å². The number of nitriles is 1. The zero-order valence-electron chi connectivity index (χ0n) is 16.5. The second-order valence-electron chi connectivity index (χ2n) is 6.96. The van der Waals surface area contributed by atoms with Gasteiger partial charge in [0, 0.05) is 26.2 Å². The Morgan fingerprint density at radius 1 is 1.03 bits per heavy atom. The molecule has 0 aromatic heterocycles. The van der Waals surface area contributed by atoms with E-state index in [-0.39, 0.29) is 30.5 Å². The lowest BCUT2D eigenvalue weighted by Crippen LogP contribution is -2.51. The summed E-state index contributed by atoms with van der Waals surface area (Å²) in [5.41, 5.74) is 2.49. The van der Waals surface area contributed by atoms with E-state index in [0.29, 0.717) is 24.4 Å². The summed E-state index contributed by atoms with van der Waals surface area (Å²) in [6, 6.07) is 13.7. The Labute approximate surface area is 171 Å². The summed E-state index contributed by atoms with van der Waals surface area (Å²) in [6.07, 6.45) is 0. The van der Waals surface area contributed by atoms with Crippen molar-refractivity contribution in [2.75, 3.05) is 32.8 Å². The van der Waals surface area contributed by atoms with Crippen LogP contribution in [0.1, 0.15) is 16.7 Å². The summed E-state index contributed by atoms with van der Waals surface area (Å²) in [4.78, 5) is 14.3. The van der Waals surface area contributed by atoms with Crippen LogP contribution in [0, 0.1) is 25.2 Å². The summed E-state index contributed by atoms with van der Waals surface area (Å²) >= 11 is 0. The van der Waals surface area contributed by atoms with Crippen LogP contribution in [0.4, 0.5) is 0 Å². The maximum absolute atomic E-state index is 12.9. The van der Waals surface area contributed by atoms with Gasteiger partial charge < -0.3 is 9.64 Å². The fraction of sp³-hybridized carbons (Fsp3) is 0.333. The molecule has 1 heterocycles. The molecular weight excluding hydrogens is 390 g/mol. The van der Waals surface area contributed by atoms with Crippen LogP contribution in [0.25, 0.3) is 0 Å². The number of carbonyl (C=O) groups is 1. The van der Waals surface area contributed by atoms with Crippen molar-refractivity contribution < 1.29 is 17.9 Å². The molecule has 7 nitrogen and oxygen atoms in total. The molecule has 8 heteroatoms. The number of nitrogens with zero attached hydrogens (tertiary/aromatic N) is 3. The molecule has 1 aliphatic heterocycles. The second kappa shape index (κ2) is 8.64. The lowest BCUT2D eigenvalue weighted by atomic mass is 10.1. The highest BCUT2D eigenvalue weighted by atomic mass is 32.2. The first-order chi connectivity index (χ1) is 13.8. The Balaban J connectivity index is 1.55. The highest BCUT2D eigenvalue weighted by Crippen LogP contribution is 2.20. The number of hydrogen-bond acceptors (Lipinski definition) is 5. The van der Waals surface area contributed by atoms with Gasteiger partial charge in [0.2, 0.25) is 10.0 Å². The van der Waals surface area contributed by atoms with Crippen molar-refractivity contribution in [2.45, 2.75) is 18.7 Å². The zero-order chi connectivity index (χ0) is 21.0. The van der Waals surface area contributed by atoms with Crippen molar-refractivity contribution in [3.05, 3.63) is 59.2 Å². The van der Waals surface area contributed by atoms with E-state index in [0.717, 1.165) is 11.1 Å². The maximum Gasteiger partial charge on any atom is 0.260 e. The predicted octanol–water partition coefficient (Wildman–Crippen LogP) is 2.09. The van der Waals surface area contributed by atoms with Gasteiger partial charge in [0.05, 0.1) is 16.5 Å². The summed E-state index contributed by atoms with van der Waals surface area (Å²) in [5, 5.41) is 8.80. The number of aryl methyl sites for hydroxylation is 2. The topological polar surface area (TPSA) is 90.7 Å². The summed E-state index contributed by atoms with van der Waals surface area (Å²) < 4.78 is 32.6. The fourth-order valence-corrected chi connectivity index (χ4v) is 4.57. The molecule has 0 radical (unpaired) electrons. The lowest BCUT2D eigenvalue weighted by molar-refractivity contribution is -0.134. The molecule has 2 aromatic rings. The lowest BCUT2D eigenvalue weighted by Gasteiger charge is -2.34. The van der Waals surface area contributed by atoms with Crippen LogP contribution in [-0.4, -0.2) is 56.3 Å². The second-order valence-corrected chi connectivity index (χ2v) is 8.89. The Morgan fingerprint density at radius 2 is 1.69 bits per heavy atom. The Bertz CT molecular complexity index is 1030. The zero-order valence-corrected chi connectivity index (χ0v) is 17.3. The number of benzene rings is 2. The van der Waals surface area contributed by atoms with E-state index in [1.807, 2.05) is 26.0 Å². The molecule has 0 N–H and O–H groups in total. The standard InChI is InChI=1S/C21H23N3O4S/c1-16-3-8-20(13-17(16)2)29(26,27)24-11-9-23(10-12-24)21(25)15-28-19-6-4-18(14-22)5-7-19/h3-8,13H,9-12,15H2,1-2H3. The van der Waals surface area contributed by atoms with Crippen LogP contribution < -0.4 is 4.74 Å². The third-order valence-electron chi connectivity index (χ3n) is 5.05. The molecule has 0 saturated carbocycles. The van der Waals surface area contributed by atoms with Crippen molar-refractivity contribution in [1.29, 1.82) is 5.26 Å². The molecule has 1 saturated heterocycles. The van der Waals surface area contributed by atoms with Gasteiger partial charge in [-0.3, -0.25) is 4.79 Å². The number of sulfonamides is 1. The fourth-order valence-electron chi connectivity index (χ4n) is 3.06. The SMILES string of the molecule is Cc1ccc(S(=O)(=O)N2CCN(C(=O)COc3ccc(C#N)cc3)CC2)cc1C. The number of amides is 1. The summed E-state index contributed by atoms with van der Waals surface area (Å²) in [6.45, 7) is 4.83. The highest BCUT2D eigenvalue weighted by Gasteiger charge is 2.30. The number of hydrogen-bond donors (Lipinski definition) is 0. The average molecular weight is 413 g/mol. The van der Waals surface area contributed by atoms with Gasteiger partial charge in [-0.05, 0) is 61.4 Å². The van der Waals surface area contributed by atoms with E-state index in [1.54, 1.807) is 41.3 Å². The van der Waals surface area contributed by atoms with E-state index in [2.05, 4.69) is 0 Å². The predicted molar refractivity (Wildman–Crippen MR) is 108 cm³/mol. The normalized spacial score (nSPS) is 15.0. The van der Waals surface area contributed by atoms with Gasteiger partial charge in [-0.2, -0.15) is 9.57 Å². The van der Waals surface area contributed by atoms with Crippen molar-refractivity contribution in [3.63, 3.8) is 0 Å². The van der Waals surface area contributed by atoms with Crippen LogP contribution in [-0.2, 0) is 14.8 Å². The van der Waals surface area contributed by atoms with Gasteiger partial charge in [-0.15, -0.1) is 0 Å². The van der Waals surface area contributed by atoms with Crippen LogP contribution in [0.3, 0.4) is 0 Å². The molecule has 3 rings (SSSR count). The van der Waals surface area contributed by atoms with E-state index < -0.39 is 10.0 Å². The van der Waals surface area contributed by atoms with Crippen molar-refractivity contribution in [2.24, 2.45) is 0 Å². The molecule has 0 bridgehead atoms. The molecule has 0 aliphatic carbocycles. The van der Waals surface area contributed by atoms with E-state index in [9.17, 15) is 13.2 Å². The maximum atomic E-state index is 12.9. The number of ether oxygens (including phenoxy) is 1. The number of piperazine rings is 1. The molecule has 1 fully saturated rings. The molecule has 0 atom stereocenters. The van der Waals surface area contributed by atoms with Crippen LogP contribution in [0.15, 0.2) is 47.4 Å². The van der Waals surface area contributed by atoms with Gasteiger partial charge in [0.15, 0.2) is 6.61 Å². The monoisotopic (exact) mass is 413 g/mol. The largest absolute Gasteiger partial charge is 0.484 e. The Hall–Kier alpha value is -2.89. The molecule has 1 aliphatic rings. The molecule has 152 valence electrons. The molecular formula is C21H23N3O4S. The third-order valence-corrected chi connectivity index (χ3v) is 6.95. The summed E-state index contributed by atoms with van der Waals surface area (Å²) in [7, 11) is -3.57. The first kappa shape index (κ1) is 20.8. The smallest absolute Gasteiger partial charge is 0.260 e. The summed E-state index contributed by atoms with van der Waals surface area (Å²) in [5.74, 6) is 0.311. The third kappa shape index (κ3) is 4.75. The van der Waals surface area contributed by atoms with Gasteiger partial charge in [-0.25, -0.2) is 8.42 Å². The van der Waals surface area contributed by atoms with Crippen molar-refractivity contribution in [3.8, 4) is 11.8 Å². The van der Waals surface area contributed by atoms with Crippen LogP contribution in [0.2, 0.25) is 0 Å². The van der Waals surface area contributed by atoms with Gasteiger partial charge in [0.1, 0.15) is 5.75 Å². The number of rotatable bonds is 5. The van der Waals surface area contributed by atoms with E-state index >= 15 is 0 Å². The van der Waals surface area contributed by atoms with Crippen LogP contribution >= 0.6 is 0 Å². The number of carbonyl (C=O) groups excluding carboxylic acids is 1. The van der Waals surface area contributed by atoms with Gasteiger partial charge >= 0.3 is 0 Å². The van der Waals surface area contributed by atoms with E-state index in [1.165, 1.54) is 4.31 Å². The average Bonchev–Trinajstić information content (AvgIpc) is 2.74. The molecule has 1 amide bonds. The van der Waals surface area contributed by atoms with Crippen molar-refractivity contribution in [1.82, 2.24) is 9.21 Å². The van der Waals surface area contributed by atoms with E-state index in [4.69, 9.17) is 10.00 Å². The first-order valence-corrected chi connectivity index (χ1v) is 10.7. The molecule has 2 aromatic carbocycles.